The Kier molecular flexibility index (Phi) is 4.39. The van der Waals surface area contributed by atoms with Gasteiger partial charge in [0, 0.05) is 12.4 Å². The van der Waals surface area contributed by atoms with E-state index in [0.717, 1.165) is 12.0 Å². The van der Waals surface area contributed by atoms with Crippen LogP contribution in [-0.2, 0) is 10.0 Å². The molecular formula is C15H18N2O2S. The van der Waals surface area contributed by atoms with E-state index < -0.39 is 10.0 Å². The number of nitrogens with zero attached hydrogens (tertiary/aromatic N) is 1. The quantitative estimate of drug-likeness (QED) is 0.918. The summed E-state index contributed by atoms with van der Waals surface area (Å²) in [7, 11) is -3.54. The van der Waals surface area contributed by atoms with Crippen LogP contribution in [0.1, 0.15) is 31.7 Å². The topological polar surface area (TPSA) is 59.1 Å². The van der Waals surface area contributed by atoms with E-state index in [1.165, 1.54) is 0 Å². The van der Waals surface area contributed by atoms with Gasteiger partial charge in [0.1, 0.15) is 0 Å². The predicted octanol–water partition coefficient (Wildman–Crippen LogP) is 3.40. The molecule has 1 aromatic heterocycles. The standard InChI is InChI=1S/C15H18N2O2S/c1-3-12(2)13-4-6-15(7-5-13)20(18,19)17-14-8-10-16-11-9-14/h4-12H,3H2,1-2H3,(H,16,17)/t12-/m0/s1. The Bertz CT molecular complexity index is 652. The Labute approximate surface area is 119 Å². The molecule has 0 bridgehead atoms. The Morgan fingerprint density at radius 1 is 1.10 bits per heavy atom. The third kappa shape index (κ3) is 3.36. The van der Waals surface area contributed by atoms with Gasteiger partial charge in [0.05, 0.1) is 10.6 Å². The zero-order valence-corrected chi connectivity index (χ0v) is 12.4. The molecule has 1 atom stereocenters. The van der Waals surface area contributed by atoms with Gasteiger partial charge in [-0.15, -0.1) is 0 Å². The molecule has 0 aliphatic carbocycles. The van der Waals surface area contributed by atoms with E-state index in [4.69, 9.17) is 0 Å². The molecule has 0 aliphatic heterocycles. The molecule has 0 fully saturated rings. The Balaban J connectivity index is 2.22. The summed E-state index contributed by atoms with van der Waals surface area (Å²) in [4.78, 5) is 4.12. The minimum absolute atomic E-state index is 0.265. The number of aromatic nitrogens is 1. The van der Waals surface area contributed by atoms with Crippen LogP contribution in [0.15, 0.2) is 53.7 Å². The summed E-state index contributed by atoms with van der Waals surface area (Å²) in [5, 5.41) is 0. The summed E-state index contributed by atoms with van der Waals surface area (Å²) in [6, 6.07) is 10.3. The Morgan fingerprint density at radius 3 is 2.25 bits per heavy atom. The van der Waals surface area contributed by atoms with Crippen LogP contribution in [0.3, 0.4) is 0 Å². The Hall–Kier alpha value is -1.88. The maximum Gasteiger partial charge on any atom is 0.261 e. The molecule has 0 saturated carbocycles. The zero-order chi connectivity index (χ0) is 14.6. The number of hydrogen-bond donors (Lipinski definition) is 1. The highest BCUT2D eigenvalue weighted by Crippen LogP contribution is 2.21. The van der Waals surface area contributed by atoms with Crippen LogP contribution < -0.4 is 4.72 Å². The molecule has 0 saturated heterocycles. The molecule has 0 radical (unpaired) electrons. The van der Waals surface area contributed by atoms with Gasteiger partial charge in [-0.25, -0.2) is 8.42 Å². The van der Waals surface area contributed by atoms with Gasteiger partial charge in [0.15, 0.2) is 0 Å². The molecule has 0 aliphatic rings. The first-order chi connectivity index (χ1) is 9.53. The number of nitrogens with one attached hydrogen (secondary N) is 1. The van der Waals surface area contributed by atoms with Crippen molar-refractivity contribution in [1.29, 1.82) is 0 Å². The van der Waals surface area contributed by atoms with Crippen LogP contribution in [0, 0.1) is 0 Å². The summed E-state index contributed by atoms with van der Waals surface area (Å²) in [6.07, 6.45) is 4.12. The minimum Gasteiger partial charge on any atom is -0.280 e. The van der Waals surface area contributed by atoms with E-state index >= 15 is 0 Å². The smallest absolute Gasteiger partial charge is 0.261 e. The normalized spacial score (nSPS) is 12.9. The second kappa shape index (κ2) is 6.05. The predicted molar refractivity (Wildman–Crippen MR) is 80.2 cm³/mol. The van der Waals surface area contributed by atoms with Crippen molar-refractivity contribution in [3.8, 4) is 0 Å². The fourth-order valence-corrected chi connectivity index (χ4v) is 2.90. The van der Waals surface area contributed by atoms with Gasteiger partial charge in [0.2, 0.25) is 0 Å². The first-order valence-corrected chi connectivity index (χ1v) is 8.04. The van der Waals surface area contributed by atoms with Gasteiger partial charge in [-0.05, 0) is 42.2 Å². The number of anilines is 1. The Morgan fingerprint density at radius 2 is 1.70 bits per heavy atom. The van der Waals surface area contributed by atoms with Crippen LogP contribution in [0.4, 0.5) is 5.69 Å². The maximum absolute atomic E-state index is 12.2. The third-order valence-electron chi connectivity index (χ3n) is 3.30. The lowest BCUT2D eigenvalue weighted by molar-refractivity contribution is 0.601. The lowest BCUT2D eigenvalue weighted by atomic mass is 9.99. The lowest BCUT2D eigenvalue weighted by Crippen LogP contribution is -2.13. The minimum atomic E-state index is -3.54. The molecule has 0 amide bonds. The van der Waals surface area contributed by atoms with Crippen molar-refractivity contribution in [3.05, 3.63) is 54.4 Å². The average Bonchev–Trinajstić information content (AvgIpc) is 2.47. The number of benzene rings is 1. The molecule has 5 heteroatoms. The van der Waals surface area contributed by atoms with Crippen LogP contribution in [0.5, 0.6) is 0 Å². The van der Waals surface area contributed by atoms with Gasteiger partial charge < -0.3 is 0 Å². The summed E-state index contributed by atoms with van der Waals surface area (Å²) in [6.45, 7) is 4.24. The van der Waals surface area contributed by atoms with Crippen molar-refractivity contribution in [2.24, 2.45) is 0 Å². The van der Waals surface area contributed by atoms with Crippen molar-refractivity contribution in [2.75, 3.05) is 4.72 Å². The fraction of sp³-hybridized carbons (Fsp3) is 0.267. The van der Waals surface area contributed by atoms with Crippen LogP contribution in [0.2, 0.25) is 0 Å². The second-order valence-electron chi connectivity index (χ2n) is 4.72. The highest BCUT2D eigenvalue weighted by molar-refractivity contribution is 7.92. The van der Waals surface area contributed by atoms with E-state index in [9.17, 15) is 8.42 Å². The van der Waals surface area contributed by atoms with Crippen molar-refractivity contribution in [3.63, 3.8) is 0 Å². The molecule has 4 nitrogen and oxygen atoms in total. The molecule has 0 spiro atoms. The highest BCUT2D eigenvalue weighted by Gasteiger charge is 2.14. The molecule has 20 heavy (non-hydrogen) atoms. The maximum atomic E-state index is 12.2. The monoisotopic (exact) mass is 290 g/mol. The summed E-state index contributed by atoms with van der Waals surface area (Å²) >= 11 is 0. The molecule has 106 valence electrons. The van der Waals surface area contributed by atoms with Gasteiger partial charge >= 0.3 is 0 Å². The van der Waals surface area contributed by atoms with Crippen molar-refractivity contribution >= 4 is 15.7 Å². The highest BCUT2D eigenvalue weighted by atomic mass is 32.2. The van der Waals surface area contributed by atoms with E-state index in [2.05, 4.69) is 23.6 Å². The van der Waals surface area contributed by atoms with E-state index in [1.54, 1.807) is 36.7 Å². The summed E-state index contributed by atoms with van der Waals surface area (Å²) in [5.74, 6) is 0.430. The van der Waals surface area contributed by atoms with Crippen LogP contribution >= 0.6 is 0 Å². The zero-order valence-electron chi connectivity index (χ0n) is 11.6. The number of hydrogen-bond acceptors (Lipinski definition) is 3. The fourth-order valence-electron chi connectivity index (χ4n) is 1.85. The van der Waals surface area contributed by atoms with Gasteiger partial charge in [0.25, 0.3) is 10.0 Å². The third-order valence-corrected chi connectivity index (χ3v) is 4.70. The number of rotatable bonds is 5. The second-order valence-corrected chi connectivity index (χ2v) is 6.40. The van der Waals surface area contributed by atoms with Gasteiger partial charge in [-0.1, -0.05) is 26.0 Å². The number of sulfonamides is 1. The van der Waals surface area contributed by atoms with Crippen molar-refractivity contribution in [2.45, 2.75) is 31.1 Å². The molecule has 0 unspecified atom stereocenters. The first kappa shape index (κ1) is 14.5. The summed E-state index contributed by atoms with van der Waals surface area (Å²) < 4.78 is 27.0. The number of pyridine rings is 1. The molecule has 1 N–H and O–H groups in total. The van der Waals surface area contributed by atoms with E-state index in [0.29, 0.717) is 11.6 Å². The molecule has 1 heterocycles. The molecular weight excluding hydrogens is 272 g/mol. The largest absolute Gasteiger partial charge is 0.280 e. The van der Waals surface area contributed by atoms with E-state index in [1.807, 2.05) is 12.1 Å². The molecule has 2 aromatic rings. The average molecular weight is 290 g/mol. The molecule has 1 aromatic carbocycles. The van der Waals surface area contributed by atoms with Crippen molar-refractivity contribution < 1.29 is 8.42 Å². The van der Waals surface area contributed by atoms with Crippen molar-refractivity contribution in [1.82, 2.24) is 4.98 Å². The van der Waals surface area contributed by atoms with Gasteiger partial charge in [-0.3, -0.25) is 9.71 Å². The van der Waals surface area contributed by atoms with E-state index in [-0.39, 0.29) is 4.90 Å². The lowest BCUT2D eigenvalue weighted by Gasteiger charge is -2.11. The van der Waals surface area contributed by atoms with Crippen LogP contribution in [0.25, 0.3) is 0 Å². The first-order valence-electron chi connectivity index (χ1n) is 6.55. The SMILES string of the molecule is CC[C@H](C)c1ccc(S(=O)(=O)Nc2ccncc2)cc1. The van der Waals surface area contributed by atoms with Gasteiger partial charge in [-0.2, -0.15) is 0 Å². The summed E-state index contributed by atoms with van der Waals surface area (Å²) in [5.41, 5.74) is 1.65. The molecule has 2 rings (SSSR count). The van der Waals surface area contributed by atoms with Crippen LogP contribution in [-0.4, -0.2) is 13.4 Å².